The van der Waals surface area contributed by atoms with Crippen molar-refractivity contribution in [2.75, 3.05) is 0 Å². The van der Waals surface area contributed by atoms with Gasteiger partial charge in [0.05, 0.1) is 11.0 Å². The monoisotopic (exact) mass is 286 g/mol. The summed E-state index contributed by atoms with van der Waals surface area (Å²) in [5.74, 6) is 0. The SMILES string of the molecule is Cc1cc(=S)c2cc3c(=S)cc(C)[nH]c3c(C)c2[nH]1. The van der Waals surface area contributed by atoms with Crippen molar-refractivity contribution in [2.45, 2.75) is 20.8 Å². The van der Waals surface area contributed by atoms with E-state index in [4.69, 9.17) is 24.4 Å². The first-order chi connectivity index (χ1) is 8.97. The Bertz CT molecular complexity index is 859. The molecule has 0 aliphatic rings. The van der Waals surface area contributed by atoms with Crippen LogP contribution >= 0.6 is 24.4 Å². The Labute approximate surface area is 121 Å². The molecule has 0 spiro atoms. The van der Waals surface area contributed by atoms with Crippen LogP contribution in [0.3, 0.4) is 0 Å². The summed E-state index contributed by atoms with van der Waals surface area (Å²) in [5.41, 5.74) is 5.50. The molecule has 0 unspecified atom stereocenters. The van der Waals surface area contributed by atoms with E-state index in [-0.39, 0.29) is 0 Å². The summed E-state index contributed by atoms with van der Waals surface area (Å²) in [4.78, 5) is 6.82. The van der Waals surface area contributed by atoms with Crippen LogP contribution in [0.1, 0.15) is 17.0 Å². The third kappa shape index (κ3) is 1.91. The second-order valence-corrected chi connectivity index (χ2v) is 5.86. The van der Waals surface area contributed by atoms with E-state index in [1.54, 1.807) is 0 Å². The maximum Gasteiger partial charge on any atom is 0.0521 e. The molecule has 0 amide bonds. The summed E-state index contributed by atoms with van der Waals surface area (Å²) in [6.45, 7) is 6.15. The van der Waals surface area contributed by atoms with Gasteiger partial charge in [-0.25, -0.2) is 0 Å². The van der Waals surface area contributed by atoms with Gasteiger partial charge in [0.25, 0.3) is 0 Å². The molecule has 0 atom stereocenters. The lowest BCUT2D eigenvalue weighted by atomic mass is 10.0. The van der Waals surface area contributed by atoms with Gasteiger partial charge in [0.1, 0.15) is 0 Å². The topological polar surface area (TPSA) is 31.6 Å². The molecule has 0 bridgehead atoms. The molecule has 2 aromatic heterocycles. The van der Waals surface area contributed by atoms with E-state index in [9.17, 15) is 0 Å². The van der Waals surface area contributed by atoms with Gasteiger partial charge < -0.3 is 9.97 Å². The highest BCUT2D eigenvalue weighted by Crippen LogP contribution is 2.27. The van der Waals surface area contributed by atoms with E-state index in [1.165, 1.54) is 0 Å². The number of hydrogen-bond donors (Lipinski definition) is 2. The number of nitrogens with one attached hydrogen (secondary N) is 2. The highest BCUT2D eigenvalue weighted by molar-refractivity contribution is 7.72. The highest BCUT2D eigenvalue weighted by atomic mass is 32.1. The zero-order valence-corrected chi connectivity index (χ0v) is 12.7. The van der Waals surface area contributed by atoms with Crippen molar-refractivity contribution in [3.05, 3.63) is 44.2 Å². The van der Waals surface area contributed by atoms with Crippen molar-refractivity contribution in [1.82, 2.24) is 9.97 Å². The average molecular weight is 286 g/mol. The van der Waals surface area contributed by atoms with E-state index in [0.717, 1.165) is 47.8 Å². The number of hydrogen-bond acceptors (Lipinski definition) is 2. The van der Waals surface area contributed by atoms with Crippen LogP contribution in [0.5, 0.6) is 0 Å². The van der Waals surface area contributed by atoms with Crippen molar-refractivity contribution in [3.8, 4) is 0 Å². The van der Waals surface area contributed by atoms with Crippen LogP contribution in [0.25, 0.3) is 21.8 Å². The second kappa shape index (κ2) is 4.25. The minimum absolute atomic E-state index is 0.867. The molecule has 2 heterocycles. The van der Waals surface area contributed by atoms with E-state index in [2.05, 4.69) is 23.0 Å². The van der Waals surface area contributed by atoms with E-state index >= 15 is 0 Å². The van der Waals surface area contributed by atoms with Gasteiger partial charge in [-0.2, -0.15) is 0 Å². The fourth-order valence-corrected chi connectivity index (χ4v) is 3.22. The quantitative estimate of drug-likeness (QED) is 0.448. The number of aryl methyl sites for hydroxylation is 3. The van der Waals surface area contributed by atoms with Crippen LogP contribution in [-0.2, 0) is 0 Å². The fraction of sp³-hybridized carbons (Fsp3) is 0.200. The first-order valence-electron chi connectivity index (χ1n) is 6.14. The Kier molecular flexibility index (Phi) is 2.80. The van der Waals surface area contributed by atoms with Gasteiger partial charge in [-0.3, -0.25) is 0 Å². The minimum Gasteiger partial charge on any atom is -0.358 e. The Hall–Kier alpha value is -1.52. The van der Waals surface area contributed by atoms with Crippen LogP contribution in [0.2, 0.25) is 0 Å². The summed E-state index contributed by atoms with van der Waals surface area (Å²) in [7, 11) is 0. The van der Waals surface area contributed by atoms with Gasteiger partial charge in [-0.1, -0.05) is 24.4 Å². The van der Waals surface area contributed by atoms with Gasteiger partial charge in [0.15, 0.2) is 0 Å². The average Bonchev–Trinajstić information content (AvgIpc) is 2.32. The molecule has 4 heteroatoms. The van der Waals surface area contributed by atoms with Gasteiger partial charge >= 0.3 is 0 Å². The third-order valence-corrected chi connectivity index (χ3v) is 4.12. The molecule has 0 saturated carbocycles. The molecule has 0 aliphatic heterocycles. The molecule has 0 radical (unpaired) electrons. The molecular formula is C15H14N2S2. The predicted molar refractivity (Wildman–Crippen MR) is 86.0 cm³/mol. The molecule has 0 saturated heterocycles. The van der Waals surface area contributed by atoms with Crippen molar-refractivity contribution >= 4 is 46.2 Å². The van der Waals surface area contributed by atoms with Crippen molar-refractivity contribution < 1.29 is 0 Å². The Morgan fingerprint density at radius 3 is 1.58 bits per heavy atom. The molecule has 19 heavy (non-hydrogen) atoms. The smallest absolute Gasteiger partial charge is 0.0521 e. The molecule has 0 aliphatic carbocycles. The summed E-state index contributed by atoms with van der Waals surface area (Å²) >= 11 is 10.9. The summed E-state index contributed by atoms with van der Waals surface area (Å²) < 4.78 is 1.73. The number of H-pyrrole nitrogens is 2. The van der Waals surface area contributed by atoms with Crippen LogP contribution in [0, 0.1) is 29.8 Å². The van der Waals surface area contributed by atoms with E-state index < -0.39 is 0 Å². The molecule has 3 rings (SSSR count). The molecule has 0 fully saturated rings. The number of aromatic nitrogens is 2. The molecule has 3 aromatic rings. The molecule has 1 aromatic carbocycles. The Balaban J connectivity index is 2.68. The first kappa shape index (κ1) is 12.5. The number of benzene rings is 1. The lowest BCUT2D eigenvalue weighted by molar-refractivity contribution is 1.22. The number of aromatic amines is 2. The molecule has 96 valence electrons. The highest BCUT2D eigenvalue weighted by Gasteiger charge is 2.08. The number of pyridine rings is 2. The van der Waals surface area contributed by atoms with Gasteiger partial charge in [-0.05, 0) is 44.5 Å². The Morgan fingerprint density at radius 1 is 0.737 bits per heavy atom. The van der Waals surface area contributed by atoms with Gasteiger partial charge in [-0.15, -0.1) is 0 Å². The van der Waals surface area contributed by atoms with Crippen molar-refractivity contribution in [2.24, 2.45) is 0 Å². The third-order valence-electron chi connectivity index (χ3n) is 3.45. The van der Waals surface area contributed by atoms with Crippen LogP contribution in [0.15, 0.2) is 18.2 Å². The maximum atomic E-state index is 5.47. The zero-order valence-electron chi connectivity index (χ0n) is 11.0. The van der Waals surface area contributed by atoms with Crippen molar-refractivity contribution in [1.29, 1.82) is 0 Å². The summed E-state index contributed by atoms with van der Waals surface area (Å²) in [5, 5.41) is 2.13. The zero-order chi connectivity index (χ0) is 13.7. The van der Waals surface area contributed by atoms with E-state index in [1.807, 2.05) is 26.0 Å². The van der Waals surface area contributed by atoms with Crippen LogP contribution < -0.4 is 0 Å². The first-order valence-corrected chi connectivity index (χ1v) is 6.96. The summed E-state index contributed by atoms with van der Waals surface area (Å²) in [6, 6.07) is 6.07. The largest absolute Gasteiger partial charge is 0.358 e. The van der Waals surface area contributed by atoms with Gasteiger partial charge in [0.2, 0.25) is 0 Å². The van der Waals surface area contributed by atoms with Crippen LogP contribution in [-0.4, -0.2) is 9.97 Å². The molecular weight excluding hydrogens is 272 g/mol. The summed E-state index contributed by atoms with van der Waals surface area (Å²) in [6.07, 6.45) is 0. The molecule has 2 N–H and O–H groups in total. The maximum absolute atomic E-state index is 5.47. The number of rotatable bonds is 0. The predicted octanol–water partition coefficient (Wildman–Crippen LogP) is 5.03. The normalized spacial score (nSPS) is 11.3. The standard InChI is InChI=1S/C15H14N2S2/c1-7-4-12(18)10-6-11-13(19)5-8(2)17-15(11)9(3)14(10)16-7/h4-6H,1-3H3,(H,16,18)(H,17,19). The van der Waals surface area contributed by atoms with Crippen LogP contribution in [0.4, 0.5) is 0 Å². The second-order valence-electron chi connectivity index (χ2n) is 4.98. The van der Waals surface area contributed by atoms with Gasteiger partial charge in [0, 0.05) is 31.2 Å². The lowest BCUT2D eigenvalue weighted by Gasteiger charge is -2.10. The minimum atomic E-state index is 0.867. The van der Waals surface area contributed by atoms with E-state index in [0.29, 0.717) is 0 Å². The van der Waals surface area contributed by atoms with Crippen molar-refractivity contribution in [3.63, 3.8) is 0 Å². The lowest BCUT2D eigenvalue weighted by Crippen LogP contribution is -1.93. The fourth-order valence-electron chi connectivity index (χ4n) is 2.54. The Morgan fingerprint density at radius 2 is 1.16 bits per heavy atom. The number of fused-ring (bicyclic) bond motifs is 2. The molecule has 2 nitrogen and oxygen atoms in total.